The highest BCUT2D eigenvalue weighted by Crippen LogP contribution is 2.42. The van der Waals surface area contributed by atoms with Crippen molar-refractivity contribution in [3.8, 4) is 22.9 Å². The molecule has 4 heteroatoms. The van der Waals surface area contributed by atoms with Gasteiger partial charge in [-0.1, -0.05) is 125 Å². The fourth-order valence-electron chi connectivity index (χ4n) is 8.65. The predicted molar refractivity (Wildman–Crippen MR) is 208 cm³/mol. The minimum Gasteiger partial charge on any atom is -0.243 e. The van der Waals surface area contributed by atoms with Crippen LogP contribution in [0.1, 0.15) is 94.2 Å². The van der Waals surface area contributed by atoms with Gasteiger partial charge >= 0.3 is 0 Å². The van der Waals surface area contributed by atoms with Crippen LogP contribution in [0.3, 0.4) is 0 Å². The van der Waals surface area contributed by atoms with Gasteiger partial charge in [0, 0.05) is 5.39 Å². The van der Waals surface area contributed by atoms with Gasteiger partial charge in [-0.05, 0) is 79.7 Å². The summed E-state index contributed by atoms with van der Waals surface area (Å²) in [5, 5.41) is 4.75. The maximum Gasteiger partial charge on any atom is 0.146 e. The molecule has 0 unspecified atom stereocenters. The van der Waals surface area contributed by atoms with Crippen molar-refractivity contribution in [2.24, 2.45) is 0 Å². The average Bonchev–Trinajstić information content (AvgIpc) is 2.99. The quantitative estimate of drug-likeness (QED) is 0.0798. The molecule has 0 saturated carbocycles. The Morgan fingerprint density at radius 1 is 0.457 bits per heavy atom. The minimum atomic E-state index is -1.95. The molecule has 46 heavy (non-hydrogen) atoms. The van der Waals surface area contributed by atoms with Gasteiger partial charge in [0.2, 0.25) is 0 Å². The predicted octanol–water partition coefficient (Wildman–Crippen LogP) is 12.2. The van der Waals surface area contributed by atoms with Crippen LogP contribution in [-0.2, 0) is 0 Å². The number of nitrogens with zero attached hydrogens (tertiary/aromatic N) is 2. The summed E-state index contributed by atoms with van der Waals surface area (Å²) in [6.45, 7) is 28.4. The first-order valence-corrected chi connectivity index (χ1v) is 21.8. The molecular formula is C42H52N2Si2. The molecule has 0 atom stereocenters. The normalized spacial score (nSPS) is 12.7. The number of benzene rings is 4. The van der Waals surface area contributed by atoms with Crippen molar-refractivity contribution >= 4 is 59.8 Å². The Hall–Kier alpha value is -3.45. The van der Waals surface area contributed by atoms with Crippen molar-refractivity contribution in [2.75, 3.05) is 0 Å². The molecule has 5 aromatic rings. The second kappa shape index (κ2) is 13.0. The molecule has 1 aromatic heterocycles. The van der Waals surface area contributed by atoms with E-state index < -0.39 is 16.1 Å². The first kappa shape index (κ1) is 33.9. The summed E-state index contributed by atoms with van der Waals surface area (Å²) in [6.07, 6.45) is 0. The summed E-state index contributed by atoms with van der Waals surface area (Å²) in [4.78, 5) is 10.8. The minimum absolute atomic E-state index is 0.557. The molecule has 0 spiro atoms. The van der Waals surface area contributed by atoms with E-state index in [9.17, 15) is 0 Å². The zero-order chi connectivity index (χ0) is 33.6. The molecule has 0 amide bonds. The first-order valence-electron chi connectivity index (χ1n) is 17.4. The third-order valence-electron chi connectivity index (χ3n) is 11.0. The lowest BCUT2D eigenvalue weighted by atomic mass is 10.0. The van der Waals surface area contributed by atoms with Gasteiger partial charge in [-0.3, -0.25) is 0 Å². The summed E-state index contributed by atoms with van der Waals surface area (Å²) < 4.78 is 0. The highest BCUT2D eigenvalue weighted by Gasteiger charge is 2.42. The van der Waals surface area contributed by atoms with Crippen molar-refractivity contribution in [3.05, 3.63) is 71.8 Å². The topological polar surface area (TPSA) is 25.8 Å². The maximum absolute atomic E-state index is 5.45. The molecule has 238 valence electrons. The van der Waals surface area contributed by atoms with Gasteiger partial charge in [0.25, 0.3) is 0 Å². The first-order chi connectivity index (χ1) is 21.7. The Labute approximate surface area is 279 Å². The second-order valence-corrected chi connectivity index (χ2v) is 26.4. The van der Waals surface area contributed by atoms with Crippen LogP contribution in [0.15, 0.2) is 60.7 Å². The SMILES string of the molecule is CC(C)[Si](C#Cc1ccc(C#C[Si](C(C)C)(C(C)C)C(C)C)c2nc3c(ccc4cc5ccccc5cc43)nc12)(C(C)C)C(C)C. The molecule has 0 fully saturated rings. The maximum atomic E-state index is 5.45. The Morgan fingerprint density at radius 3 is 1.35 bits per heavy atom. The van der Waals surface area contributed by atoms with Crippen molar-refractivity contribution in [2.45, 2.75) is 116 Å². The van der Waals surface area contributed by atoms with E-state index in [1.165, 1.54) is 16.2 Å². The van der Waals surface area contributed by atoms with E-state index in [2.05, 4.69) is 167 Å². The van der Waals surface area contributed by atoms with Crippen LogP contribution in [-0.4, -0.2) is 26.1 Å². The monoisotopic (exact) mass is 640 g/mol. The van der Waals surface area contributed by atoms with Gasteiger partial charge in [0.1, 0.15) is 27.2 Å². The van der Waals surface area contributed by atoms with Crippen LogP contribution >= 0.6 is 0 Å². The molecule has 4 aromatic carbocycles. The molecular weight excluding hydrogens is 589 g/mol. The van der Waals surface area contributed by atoms with Crippen LogP contribution in [0.4, 0.5) is 0 Å². The summed E-state index contributed by atoms with van der Waals surface area (Å²) in [5.41, 5.74) is 16.8. The summed E-state index contributed by atoms with van der Waals surface area (Å²) in [6, 6.07) is 21.7. The fourth-order valence-corrected chi connectivity index (χ4v) is 19.1. The fraction of sp³-hybridized carbons (Fsp3) is 0.429. The van der Waals surface area contributed by atoms with E-state index in [0.717, 1.165) is 38.6 Å². The highest BCUT2D eigenvalue weighted by molar-refractivity contribution is 6.91. The zero-order valence-corrected chi connectivity index (χ0v) is 32.1. The third-order valence-corrected chi connectivity index (χ3v) is 23.6. The van der Waals surface area contributed by atoms with Crippen molar-refractivity contribution in [3.63, 3.8) is 0 Å². The van der Waals surface area contributed by atoms with Crippen molar-refractivity contribution in [1.29, 1.82) is 0 Å². The molecule has 0 radical (unpaired) electrons. The Morgan fingerprint density at radius 2 is 0.891 bits per heavy atom. The lowest BCUT2D eigenvalue weighted by molar-refractivity contribution is 0.838. The van der Waals surface area contributed by atoms with Crippen LogP contribution in [0.25, 0.3) is 43.6 Å². The lowest BCUT2D eigenvalue weighted by Crippen LogP contribution is -2.43. The Kier molecular flexibility index (Phi) is 9.57. The lowest BCUT2D eigenvalue weighted by Gasteiger charge is -2.38. The molecule has 0 bridgehead atoms. The van der Waals surface area contributed by atoms with Crippen LogP contribution < -0.4 is 0 Å². The Balaban J connectivity index is 1.86. The molecule has 5 rings (SSSR count). The van der Waals surface area contributed by atoms with Crippen LogP contribution in [0.2, 0.25) is 33.2 Å². The van der Waals surface area contributed by atoms with Crippen molar-refractivity contribution < 1.29 is 0 Å². The van der Waals surface area contributed by atoms with Gasteiger partial charge < -0.3 is 0 Å². The van der Waals surface area contributed by atoms with Crippen LogP contribution in [0, 0.1) is 22.9 Å². The zero-order valence-electron chi connectivity index (χ0n) is 30.1. The molecule has 1 heterocycles. The Bertz CT molecular complexity index is 2000. The molecule has 2 nitrogen and oxygen atoms in total. The number of rotatable bonds is 6. The van der Waals surface area contributed by atoms with Gasteiger partial charge in [0.05, 0.1) is 22.2 Å². The molecule has 0 aliphatic heterocycles. The number of aromatic nitrogens is 2. The average molecular weight is 641 g/mol. The summed E-state index contributed by atoms with van der Waals surface area (Å²) >= 11 is 0. The van der Waals surface area contributed by atoms with E-state index in [-0.39, 0.29) is 0 Å². The summed E-state index contributed by atoms with van der Waals surface area (Å²) in [5.74, 6) is 7.46. The van der Waals surface area contributed by atoms with E-state index in [1.807, 2.05) is 0 Å². The number of hydrogen-bond donors (Lipinski definition) is 0. The smallest absolute Gasteiger partial charge is 0.146 e. The standard InChI is InChI=1S/C42H52N2Si2/c1-27(2)45(28(3)4,29(5)6)23-21-33-17-18-34(22-24-46(30(7)8,31(9)10)32(11)12)41-40(33)43-39-20-19-37-25-35-15-13-14-16-36(35)26-38(37)42(39)44-41/h13-20,25-32H,1-12H3. The van der Waals surface area contributed by atoms with Crippen LogP contribution in [0.5, 0.6) is 0 Å². The molecule has 0 aliphatic carbocycles. The van der Waals surface area contributed by atoms with Crippen molar-refractivity contribution in [1.82, 2.24) is 9.97 Å². The summed E-state index contributed by atoms with van der Waals surface area (Å²) in [7, 11) is -3.89. The number of hydrogen-bond acceptors (Lipinski definition) is 2. The number of fused-ring (bicyclic) bond motifs is 5. The van der Waals surface area contributed by atoms with Gasteiger partial charge in [0.15, 0.2) is 0 Å². The van der Waals surface area contributed by atoms with Gasteiger partial charge in [-0.25, -0.2) is 9.97 Å². The highest BCUT2D eigenvalue weighted by atomic mass is 28.3. The third kappa shape index (κ3) is 5.69. The van der Waals surface area contributed by atoms with Gasteiger partial charge in [-0.15, -0.1) is 11.1 Å². The van der Waals surface area contributed by atoms with E-state index >= 15 is 0 Å². The largest absolute Gasteiger partial charge is 0.243 e. The molecule has 0 N–H and O–H groups in total. The second-order valence-electron chi connectivity index (χ2n) is 15.2. The van der Waals surface area contributed by atoms with E-state index in [0.29, 0.717) is 33.2 Å². The van der Waals surface area contributed by atoms with Gasteiger partial charge in [-0.2, -0.15) is 0 Å². The van der Waals surface area contributed by atoms with E-state index in [4.69, 9.17) is 9.97 Å². The van der Waals surface area contributed by atoms with E-state index in [1.54, 1.807) is 0 Å². The molecule has 0 saturated heterocycles. The molecule has 0 aliphatic rings.